The van der Waals surface area contributed by atoms with Crippen molar-refractivity contribution in [3.63, 3.8) is 0 Å². The highest BCUT2D eigenvalue weighted by atomic mass is 79.9. The topological polar surface area (TPSA) is 33.1 Å². The van der Waals surface area contributed by atoms with Gasteiger partial charge in [0.15, 0.2) is 0 Å². The van der Waals surface area contributed by atoms with Gasteiger partial charge in [0.1, 0.15) is 0 Å². The van der Waals surface area contributed by atoms with Gasteiger partial charge in [-0.05, 0) is 41.8 Å². The zero-order valence-electron chi connectivity index (χ0n) is 10.5. The lowest BCUT2D eigenvalue weighted by Crippen LogP contribution is -2.09. The zero-order valence-corrected chi connectivity index (χ0v) is 12.1. The molecule has 1 N–H and O–H groups in total. The normalized spacial score (nSPS) is 14.2. The number of aromatic nitrogens is 1. The molecule has 0 aliphatic rings. The first kappa shape index (κ1) is 13.2. The third-order valence-corrected chi connectivity index (χ3v) is 4.19. The highest BCUT2D eigenvalue weighted by Crippen LogP contribution is 2.33. The van der Waals surface area contributed by atoms with Crippen LogP contribution in [0.25, 0.3) is 0 Å². The van der Waals surface area contributed by atoms with Crippen LogP contribution in [0.3, 0.4) is 0 Å². The summed E-state index contributed by atoms with van der Waals surface area (Å²) in [6, 6.07) is 9.81. The first-order valence-electron chi connectivity index (χ1n) is 5.94. The molecule has 1 aromatic heterocycles. The van der Waals surface area contributed by atoms with Crippen molar-refractivity contribution in [1.29, 1.82) is 0 Å². The van der Waals surface area contributed by atoms with E-state index in [2.05, 4.69) is 20.9 Å². The van der Waals surface area contributed by atoms with Crippen molar-refractivity contribution in [3.05, 3.63) is 63.9 Å². The van der Waals surface area contributed by atoms with Gasteiger partial charge in [-0.1, -0.05) is 35.0 Å². The molecule has 3 heteroatoms. The highest BCUT2D eigenvalue weighted by molar-refractivity contribution is 9.10. The largest absolute Gasteiger partial charge is 0.388 e. The van der Waals surface area contributed by atoms with Crippen molar-refractivity contribution in [1.82, 2.24) is 4.98 Å². The van der Waals surface area contributed by atoms with Crippen LogP contribution in [0, 0.1) is 6.92 Å². The summed E-state index contributed by atoms with van der Waals surface area (Å²) >= 11 is 3.50. The smallest absolute Gasteiger partial charge is 0.0858 e. The van der Waals surface area contributed by atoms with E-state index in [4.69, 9.17) is 0 Å². The molecule has 2 rings (SSSR count). The van der Waals surface area contributed by atoms with E-state index in [1.54, 1.807) is 12.4 Å². The zero-order chi connectivity index (χ0) is 13.1. The number of pyridine rings is 1. The number of aliphatic hydroxyl groups is 1. The van der Waals surface area contributed by atoms with Crippen molar-refractivity contribution in [2.75, 3.05) is 0 Å². The molecule has 2 nitrogen and oxygen atoms in total. The third-order valence-electron chi connectivity index (χ3n) is 3.33. The lowest BCUT2D eigenvalue weighted by atomic mass is 9.89. The van der Waals surface area contributed by atoms with E-state index < -0.39 is 6.10 Å². The van der Waals surface area contributed by atoms with Gasteiger partial charge in [-0.3, -0.25) is 4.98 Å². The molecule has 1 heterocycles. The number of hydrogen-bond acceptors (Lipinski definition) is 2. The Balaban J connectivity index is 2.31. The van der Waals surface area contributed by atoms with E-state index in [0.29, 0.717) is 0 Å². The first-order valence-corrected chi connectivity index (χ1v) is 6.73. The maximum atomic E-state index is 10.5. The molecule has 0 amide bonds. The minimum atomic E-state index is -0.509. The second kappa shape index (κ2) is 5.63. The summed E-state index contributed by atoms with van der Waals surface area (Å²) in [6.45, 7) is 4.04. The summed E-state index contributed by atoms with van der Waals surface area (Å²) in [5, 5.41) is 10.5. The Morgan fingerprint density at radius 3 is 2.50 bits per heavy atom. The number of hydrogen-bond donors (Lipinski definition) is 1. The highest BCUT2D eigenvalue weighted by Gasteiger charge is 2.20. The molecular formula is C15H16BrNO. The molecule has 0 radical (unpaired) electrons. The van der Waals surface area contributed by atoms with E-state index in [-0.39, 0.29) is 5.92 Å². The van der Waals surface area contributed by atoms with Crippen molar-refractivity contribution in [2.24, 2.45) is 0 Å². The standard InChI is InChI=1S/C15H16BrNO/c1-10(12-6-8-17-9-7-12)15(18)13-4-3-5-14(16)11(13)2/h3-10,15,18H,1-2H3. The number of benzene rings is 1. The number of aliphatic hydroxyl groups excluding tert-OH is 1. The van der Waals surface area contributed by atoms with Crippen LogP contribution in [-0.4, -0.2) is 10.1 Å². The Kier molecular flexibility index (Phi) is 4.15. The molecule has 1 aromatic carbocycles. The predicted molar refractivity (Wildman–Crippen MR) is 76.5 cm³/mol. The Hall–Kier alpha value is -1.19. The fourth-order valence-corrected chi connectivity index (χ4v) is 2.44. The van der Waals surface area contributed by atoms with Crippen LogP contribution in [0.2, 0.25) is 0 Å². The van der Waals surface area contributed by atoms with E-state index >= 15 is 0 Å². The lowest BCUT2D eigenvalue weighted by Gasteiger charge is -2.21. The summed E-state index contributed by atoms with van der Waals surface area (Å²) in [5.74, 6) is 0.0426. The Morgan fingerprint density at radius 1 is 1.17 bits per heavy atom. The number of halogens is 1. The lowest BCUT2D eigenvalue weighted by molar-refractivity contribution is 0.151. The van der Waals surface area contributed by atoms with Gasteiger partial charge in [0, 0.05) is 22.8 Å². The summed E-state index contributed by atoms with van der Waals surface area (Å²) in [7, 11) is 0. The summed E-state index contributed by atoms with van der Waals surface area (Å²) in [6.07, 6.45) is 3.00. The van der Waals surface area contributed by atoms with Crippen LogP contribution in [0.1, 0.15) is 35.6 Å². The minimum absolute atomic E-state index is 0.0426. The van der Waals surface area contributed by atoms with E-state index in [1.165, 1.54) is 0 Å². The summed E-state index contributed by atoms with van der Waals surface area (Å²) in [5.41, 5.74) is 3.15. The molecule has 0 fully saturated rings. The average molecular weight is 306 g/mol. The van der Waals surface area contributed by atoms with Gasteiger partial charge in [0.05, 0.1) is 6.10 Å². The molecular weight excluding hydrogens is 290 g/mol. The number of nitrogens with zero attached hydrogens (tertiary/aromatic N) is 1. The van der Waals surface area contributed by atoms with E-state index in [0.717, 1.165) is 21.2 Å². The molecule has 0 saturated heterocycles. The van der Waals surface area contributed by atoms with Crippen LogP contribution in [-0.2, 0) is 0 Å². The van der Waals surface area contributed by atoms with Crippen molar-refractivity contribution in [2.45, 2.75) is 25.9 Å². The van der Waals surface area contributed by atoms with Gasteiger partial charge in [0.2, 0.25) is 0 Å². The quantitative estimate of drug-likeness (QED) is 0.930. The van der Waals surface area contributed by atoms with Gasteiger partial charge < -0.3 is 5.11 Å². The molecule has 2 atom stereocenters. The van der Waals surface area contributed by atoms with Crippen molar-refractivity contribution < 1.29 is 5.11 Å². The summed E-state index contributed by atoms with van der Waals surface area (Å²) in [4.78, 5) is 4.00. The van der Waals surface area contributed by atoms with Crippen LogP contribution in [0.5, 0.6) is 0 Å². The Labute approximate surface area is 116 Å². The van der Waals surface area contributed by atoms with Gasteiger partial charge in [-0.25, -0.2) is 0 Å². The van der Waals surface area contributed by atoms with E-state index in [1.807, 2.05) is 44.2 Å². The Morgan fingerprint density at radius 2 is 1.83 bits per heavy atom. The molecule has 0 aliphatic carbocycles. The molecule has 0 aliphatic heterocycles. The fraction of sp³-hybridized carbons (Fsp3) is 0.267. The van der Waals surface area contributed by atoms with Crippen molar-refractivity contribution >= 4 is 15.9 Å². The first-order chi connectivity index (χ1) is 8.61. The van der Waals surface area contributed by atoms with Crippen LogP contribution in [0.15, 0.2) is 47.2 Å². The maximum absolute atomic E-state index is 10.5. The Bertz CT molecular complexity index is 527. The van der Waals surface area contributed by atoms with Crippen molar-refractivity contribution in [3.8, 4) is 0 Å². The molecule has 2 unspecified atom stereocenters. The SMILES string of the molecule is Cc1c(Br)cccc1C(O)C(C)c1ccncc1. The third kappa shape index (κ3) is 2.62. The molecule has 0 bridgehead atoms. The van der Waals surface area contributed by atoms with Crippen LogP contribution in [0.4, 0.5) is 0 Å². The number of rotatable bonds is 3. The minimum Gasteiger partial charge on any atom is -0.388 e. The van der Waals surface area contributed by atoms with Gasteiger partial charge >= 0.3 is 0 Å². The maximum Gasteiger partial charge on any atom is 0.0858 e. The van der Waals surface area contributed by atoms with E-state index in [9.17, 15) is 5.11 Å². The monoisotopic (exact) mass is 305 g/mol. The van der Waals surface area contributed by atoms with Gasteiger partial charge in [-0.2, -0.15) is 0 Å². The predicted octanol–water partition coefficient (Wildman–Crippen LogP) is 3.99. The van der Waals surface area contributed by atoms with Gasteiger partial charge in [-0.15, -0.1) is 0 Å². The van der Waals surface area contributed by atoms with Crippen LogP contribution < -0.4 is 0 Å². The second-order valence-electron chi connectivity index (χ2n) is 4.47. The second-order valence-corrected chi connectivity index (χ2v) is 5.32. The van der Waals surface area contributed by atoms with Gasteiger partial charge in [0.25, 0.3) is 0 Å². The molecule has 18 heavy (non-hydrogen) atoms. The van der Waals surface area contributed by atoms with Crippen LogP contribution >= 0.6 is 15.9 Å². The fourth-order valence-electron chi connectivity index (χ4n) is 2.06. The molecule has 0 saturated carbocycles. The summed E-state index contributed by atoms with van der Waals surface area (Å²) < 4.78 is 1.03. The molecule has 94 valence electrons. The molecule has 0 spiro atoms. The average Bonchev–Trinajstić information content (AvgIpc) is 2.41. The molecule has 2 aromatic rings.